The normalized spacial score (nSPS) is 24.9. The SMILES string of the molecule is CC1CCN(C(=O)c2coc(C3CCCN3)n2)CC1. The summed E-state index contributed by atoms with van der Waals surface area (Å²) in [5, 5.41) is 3.33. The van der Waals surface area contributed by atoms with Crippen molar-refractivity contribution < 1.29 is 9.21 Å². The highest BCUT2D eigenvalue weighted by molar-refractivity contribution is 5.92. The Bertz CT molecular complexity index is 443. The number of nitrogens with zero attached hydrogens (tertiary/aromatic N) is 2. The average Bonchev–Trinajstić information content (AvgIpc) is 3.10. The minimum absolute atomic E-state index is 0.0138. The van der Waals surface area contributed by atoms with Crippen molar-refractivity contribution in [1.29, 1.82) is 0 Å². The van der Waals surface area contributed by atoms with E-state index in [0.717, 1.165) is 51.2 Å². The van der Waals surface area contributed by atoms with Crippen molar-refractivity contribution in [2.24, 2.45) is 5.92 Å². The Morgan fingerprint density at radius 2 is 2.21 bits per heavy atom. The highest BCUT2D eigenvalue weighted by Crippen LogP contribution is 2.23. The molecule has 3 heterocycles. The molecule has 1 atom stereocenters. The molecule has 1 aromatic heterocycles. The number of carbonyl (C=O) groups excluding carboxylic acids is 1. The van der Waals surface area contributed by atoms with Gasteiger partial charge in [-0.15, -0.1) is 0 Å². The number of aromatic nitrogens is 1. The van der Waals surface area contributed by atoms with Crippen molar-refractivity contribution in [1.82, 2.24) is 15.2 Å². The van der Waals surface area contributed by atoms with Crippen LogP contribution in [0.25, 0.3) is 0 Å². The van der Waals surface area contributed by atoms with Crippen LogP contribution in [0.3, 0.4) is 0 Å². The molecule has 3 rings (SSSR count). The number of carbonyl (C=O) groups is 1. The van der Waals surface area contributed by atoms with Gasteiger partial charge in [-0.1, -0.05) is 6.92 Å². The maximum absolute atomic E-state index is 12.3. The van der Waals surface area contributed by atoms with E-state index in [2.05, 4.69) is 17.2 Å². The first-order valence-corrected chi connectivity index (χ1v) is 7.22. The van der Waals surface area contributed by atoms with Crippen LogP contribution in [0, 0.1) is 5.92 Å². The summed E-state index contributed by atoms with van der Waals surface area (Å²) in [6.45, 7) is 4.91. The van der Waals surface area contributed by atoms with Crippen LogP contribution in [0.2, 0.25) is 0 Å². The average molecular weight is 263 g/mol. The van der Waals surface area contributed by atoms with E-state index in [1.165, 1.54) is 6.26 Å². The zero-order valence-electron chi connectivity index (χ0n) is 11.4. The maximum Gasteiger partial charge on any atom is 0.275 e. The molecule has 0 saturated carbocycles. The predicted molar refractivity (Wildman–Crippen MR) is 70.8 cm³/mol. The second-order valence-corrected chi connectivity index (χ2v) is 5.69. The Labute approximate surface area is 113 Å². The molecule has 2 fully saturated rings. The Hall–Kier alpha value is -1.36. The molecule has 1 unspecified atom stereocenters. The number of amides is 1. The van der Waals surface area contributed by atoms with Gasteiger partial charge in [0.2, 0.25) is 5.89 Å². The summed E-state index contributed by atoms with van der Waals surface area (Å²) in [6.07, 6.45) is 5.85. The van der Waals surface area contributed by atoms with Crippen molar-refractivity contribution in [3.8, 4) is 0 Å². The van der Waals surface area contributed by atoms with Crippen molar-refractivity contribution in [3.63, 3.8) is 0 Å². The number of rotatable bonds is 2. The van der Waals surface area contributed by atoms with E-state index in [9.17, 15) is 4.79 Å². The summed E-state index contributed by atoms with van der Waals surface area (Å²) >= 11 is 0. The van der Waals surface area contributed by atoms with Crippen LogP contribution in [0.5, 0.6) is 0 Å². The van der Waals surface area contributed by atoms with Gasteiger partial charge >= 0.3 is 0 Å². The summed E-state index contributed by atoms with van der Waals surface area (Å²) in [4.78, 5) is 18.6. The molecule has 5 heteroatoms. The van der Waals surface area contributed by atoms with Gasteiger partial charge in [0.25, 0.3) is 5.91 Å². The molecule has 0 aromatic carbocycles. The third kappa shape index (κ3) is 2.66. The number of hydrogen-bond donors (Lipinski definition) is 1. The minimum Gasteiger partial charge on any atom is -0.446 e. The first-order chi connectivity index (χ1) is 9.24. The lowest BCUT2D eigenvalue weighted by molar-refractivity contribution is 0.0691. The molecule has 104 valence electrons. The predicted octanol–water partition coefficient (Wildman–Crippen LogP) is 1.97. The quantitative estimate of drug-likeness (QED) is 0.886. The van der Waals surface area contributed by atoms with Gasteiger partial charge in [-0.05, 0) is 38.1 Å². The highest BCUT2D eigenvalue weighted by atomic mass is 16.3. The number of oxazole rings is 1. The molecule has 2 aliphatic heterocycles. The molecule has 1 aromatic rings. The molecular weight excluding hydrogens is 242 g/mol. The van der Waals surface area contributed by atoms with Gasteiger partial charge in [0.15, 0.2) is 5.69 Å². The lowest BCUT2D eigenvalue weighted by atomic mass is 9.99. The van der Waals surface area contributed by atoms with Crippen LogP contribution in [0.4, 0.5) is 0 Å². The van der Waals surface area contributed by atoms with Crippen LogP contribution in [0.1, 0.15) is 55.0 Å². The van der Waals surface area contributed by atoms with Gasteiger partial charge in [0.1, 0.15) is 6.26 Å². The first-order valence-electron chi connectivity index (χ1n) is 7.22. The largest absolute Gasteiger partial charge is 0.446 e. The van der Waals surface area contributed by atoms with E-state index < -0.39 is 0 Å². The second kappa shape index (κ2) is 5.33. The Morgan fingerprint density at radius 3 is 2.89 bits per heavy atom. The zero-order valence-corrected chi connectivity index (χ0v) is 11.4. The summed E-state index contributed by atoms with van der Waals surface area (Å²) < 4.78 is 5.46. The van der Waals surface area contributed by atoms with E-state index in [1.54, 1.807) is 0 Å². The fraction of sp³-hybridized carbons (Fsp3) is 0.714. The van der Waals surface area contributed by atoms with Gasteiger partial charge in [0.05, 0.1) is 6.04 Å². The molecule has 19 heavy (non-hydrogen) atoms. The lowest BCUT2D eigenvalue weighted by Crippen LogP contribution is -2.38. The summed E-state index contributed by atoms with van der Waals surface area (Å²) in [7, 11) is 0. The van der Waals surface area contributed by atoms with Gasteiger partial charge in [0, 0.05) is 13.1 Å². The molecule has 1 amide bonds. The Kier molecular flexibility index (Phi) is 3.55. The highest BCUT2D eigenvalue weighted by Gasteiger charge is 2.26. The molecule has 0 radical (unpaired) electrons. The number of likely N-dealkylation sites (tertiary alicyclic amines) is 1. The van der Waals surface area contributed by atoms with Crippen molar-refractivity contribution in [2.75, 3.05) is 19.6 Å². The third-order valence-corrected chi connectivity index (χ3v) is 4.17. The zero-order chi connectivity index (χ0) is 13.2. The van der Waals surface area contributed by atoms with E-state index in [1.807, 2.05) is 4.90 Å². The molecule has 2 aliphatic rings. The number of nitrogens with one attached hydrogen (secondary N) is 1. The monoisotopic (exact) mass is 263 g/mol. The molecular formula is C14H21N3O2. The first kappa shape index (κ1) is 12.7. The summed E-state index contributed by atoms with van der Waals surface area (Å²) in [5.74, 6) is 1.39. The molecule has 0 bridgehead atoms. The van der Waals surface area contributed by atoms with Gasteiger partial charge in [-0.25, -0.2) is 4.98 Å². The van der Waals surface area contributed by atoms with Crippen LogP contribution < -0.4 is 5.32 Å². The summed E-state index contributed by atoms with van der Waals surface area (Å²) in [5.41, 5.74) is 0.457. The van der Waals surface area contributed by atoms with E-state index in [4.69, 9.17) is 4.42 Å². The van der Waals surface area contributed by atoms with Gasteiger partial charge in [-0.3, -0.25) is 4.79 Å². The van der Waals surface area contributed by atoms with Crippen LogP contribution in [0.15, 0.2) is 10.7 Å². The standard InChI is InChI=1S/C14H21N3O2/c1-10-4-7-17(8-5-10)14(18)12-9-19-13(16-12)11-3-2-6-15-11/h9-11,15H,2-8H2,1H3. The fourth-order valence-corrected chi connectivity index (χ4v) is 2.81. The van der Waals surface area contributed by atoms with Gasteiger partial charge in [-0.2, -0.15) is 0 Å². The van der Waals surface area contributed by atoms with Crippen LogP contribution in [-0.2, 0) is 0 Å². The van der Waals surface area contributed by atoms with E-state index in [0.29, 0.717) is 11.6 Å². The van der Waals surface area contributed by atoms with Crippen LogP contribution in [-0.4, -0.2) is 35.4 Å². The van der Waals surface area contributed by atoms with E-state index >= 15 is 0 Å². The smallest absolute Gasteiger partial charge is 0.275 e. The molecule has 0 spiro atoms. The lowest BCUT2D eigenvalue weighted by Gasteiger charge is -2.29. The molecule has 2 saturated heterocycles. The molecule has 0 aliphatic carbocycles. The van der Waals surface area contributed by atoms with E-state index in [-0.39, 0.29) is 11.9 Å². The maximum atomic E-state index is 12.3. The van der Waals surface area contributed by atoms with Crippen molar-refractivity contribution in [2.45, 2.75) is 38.6 Å². The third-order valence-electron chi connectivity index (χ3n) is 4.17. The topological polar surface area (TPSA) is 58.4 Å². The fourth-order valence-electron chi connectivity index (χ4n) is 2.81. The Balaban J connectivity index is 1.66. The molecule has 1 N–H and O–H groups in total. The summed E-state index contributed by atoms with van der Waals surface area (Å²) in [6, 6.07) is 0.183. The Morgan fingerprint density at radius 1 is 1.42 bits per heavy atom. The van der Waals surface area contributed by atoms with Crippen molar-refractivity contribution in [3.05, 3.63) is 17.8 Å². The number of piperidine rings is 1. The number of hydrogen-bond acceptors (Lipinski definition) is 4. The second-order valence-electron chi connectivity index (χ2n) is 5.69. The molecule has 5 nitrogen and oxygen atoms in total. The minimum atomic E-state index is 0.0138. The van der Waals surface area contributed by atoms with Crippen LogP contribution >= 0.6 is 0 Å². The van der Waals surface area contributed by atoms with Gasteiger partial charge < -0.3 is 14.6 Å². The van der Waals surface area contributed by atoms with Crippen molar-refractivity contribution >= 4 is 5.91 Å².